The lowest BCUT2D eigenvalue weighted by Crippen LogP contribution is -2.51. The summed E-state index contributed by atoms with van der Waals surface area (Å²) in [5, 5.41) is 3.35. The van der Waals surface area contributed by atoms with E-state index < -0.39 is 16.1 Å². The lowest BCUT2D eigenvalue weighted by Gasteiger charge is -2.35. The Balaban J connectivity index is 1.85. The molecule has 2 atom stereocenters. The van der Waals surface area contributed by atoms with Gasteiger partial charge in [-0.25, -0.2) is 8.42 Å². The van der Waals surface area contributed by atoms with E-state index in [1.807, 2.05) is 6.92 Å². The van der Waals surface area contributed by atoms with Gasteiger partial charge in [0.15, 0.2) is 6.10 Å². The summed E-state index contributed by atoms with van der Waals surface area (Å²) in [5.41, 5.74) is 1.29. The van der Waals surface area contributed by atoms with Crippen molar-refractivity contribution in [1.82, 2.24) is 5.32 Å². The molecule has 174 valence electrons. The third kappa shape index (κ3) is 5.56. The molecule has 2 aromatic rings. The fourth-order valence-corrected chi connectivity index (χ4v) is 5.36. The van der Waals surface area contributed by atoms with Crippen LogP contribution in [0.2, 0.25) is 5.02 Å². The molecule has 8 heteroatoms. The second-order valence-electron chi connectivity index (χ2n) is 8.23. The van der Waals surface area contributed by atoms with Crippen molar-refractivity contribution in [3.63, 3.8) is 0 Å². The number of hydrogen-bond donors (Lipinski definition) is 1. The highest BCUT2D eigenvalue weighted by Crippen LogP contribution is 2.38. The SMILES string of the molecule is CCCC[C@H](CC)CNC(=O)[C@@H]1CN(S(=O)(=O)c2ccc(C)cc2)c2cc(Cl)ccc2O1. The summed E-state index contributed by atoms with van der Waals surface area (Å²) in [6.45, 7) is 6.58. The minimum Gasteiger partial charge on any atom is -0.476 e. The van der Waals surface area contributed by atoms with E-state index in [1.54, 1.807) is 42.5 Å². The van der Waals surface area contributed by atoms with Crippen LogP contribution in [0.15, 0.2) is 47.4 Å². The fourth-order valence-electron chi connectivity index (χ4n) is 3.73. The molecule has 3 rings (SSSR count). The van der Waals surface area contributed by atoms with Crippen LogP contribution in [-0.2, 0) is 14.8 Å². The number of sulfonamides is 1. The smallest absolute Gasteiger partial charge is 0.264 e. The van der Waals surface area contributed by atoms with Crippen LogP contribution in [0.3, 0.4) is 0 Å². The van der Waals surface area contributed by atoms with Gasteiger partial charge in [-0.15, -0.1) is 0 Å². The third-order valence-electron chi connectivity index (χ3n) is 5.80. The lowest BCUT2D eigenvalue weighted by molar-refractivity contribution is -0.127. The first-order valence-corrected chi connectivity index (χ1v) is 12.9. The molecule has 1 heterocycles. The number of carbonyl (C=O) groups is 1. The summed E-state index contributed by atoms with van der Waals surface area (Å²) in [6, 6.07) is 11.4. The highest BCUT2D eigenvalue weighted by Gasteiger charge is 2.37. The Hall–Kier alpha value is -2.25. The van der Waals surface area contributed by atoms with E-state index in [9.17, 15) is 13.2 Å². The van der Waals surface area contributed by atoms with Gasteiger partial charge in [0.2, 0.25) is 0 Å². The van der Waals surface area contributed by atoms with E-state index in [4.69, 9.17) is 16.3 Å². The Bertz CT molecular complexity index is 1040. The lowest BCUT2D eigenvalue weighted by atomic mass is 9.99. The zero-order valence-electron chi connectivity index (χ0n) is 18.8. The van der Waals surface area contributed by atoms with E-state index in [2.05, 4.69) is 19.2 Å². The molecule has 0 aliphatic carbocycles. The third-order valence-corrected chi connectivity index (χ3v) is 7.83. The summed E-state index contributed by atoms with van der Waals surface area (Å²) in [6.07, 6.45) is 3.30. The van der Waals surface area contributed by atoms with Crippen LogP contribution in [0.4, 0.5) is 5.69 Å². The highest BCUT2D eigenvalue weighted by molar-refractivity contribution is 7.92. The standard InChI is InChI=1S/C24H31ClN2O4S/c1-4-6-7-18(5-2)15-26-24(28)23-16-27(21-14-19(25)10-13-22(21)31-23)32(29,30)20-11-8-17(3)9-12-20/h8-14,18,23H,4-7,15-16H2,1-3H3,(H,26,28)/t18-,23-/m0/s1. The number of ether oxygens (including phenoxy) is 1. The topological polar surface area (TPSA) is 75.7 Å². The van der Waals surface area contributed by atoms with Gasteiger partial charge in [0, 0.05) is 11.6 Å². The minimum absolute atomic E-state index is 0.124. The molecule has 32 heavy (non-hydrogen) atoms. The second-order valence-corrected chi connectivity index (χ2v) is 10.5. The first-order chi connectivity index (χ1) is 15.3. The van der Waals surface area contributed by atoms with Crippen molar-refractivity contribution in [2.75, 3.05) is 17.4 Å². The summed E-state index contributed by atoms with van der Waals surface area (Å²) in [5.74, 6) is 0.389. The maximum absolute atomic E-state index is 13.5. The molecule has 0 saturated heterocycles. The number of carbonyl (C=O) groups excluding carboxylic acids is 1. The molecular weight excluding hydrogens is 448 g/mol. The van der Waals surface area contributed by atoms with Crippen LogP contribution >= 0.6 is 11.6 Å². The molecule has 1 amide bonds. The summed E-state index contributed by atoms with van der Waals surface area (Å²) >= 11 is 6.14. The molecule has 0 fully saturated rings. The maximum Gasteiger partial charge on any atom is 0.264 e. The maximum atomic E-state index is 13.5. The Morgan fingerprint density at radius 3 is 2.59 bits per heavy atom. The normalized spacial score (nSPS) is 16.8. The van der Waals surface area contributed by atoms with Crippen molar-refractivity contribution in [1.29, 1.82) is 0 Å². The summed E-state index contributed by atoms with van der Waals surface area (Å²) in [7, 11) is -3.91. The van der Waals surface area contributed by atoms with E-state index in [-0.39, 0.29) is 17.3 Å². The van der Waals surface area contributed by atoms with Crippen LogP contribution in [0.5, 0.6) is 5.75 Å². The summed E-state index contributed by atoms with van der Waals surface area (Å²) < 4.78 is 34.1. The van der Waals surface area contributed by atoms with E-state index in [0.29, 0.717) is 28.9 Å². The largest absolute Gasteiger partial charge is 0.476 e. The van der Waals surface area contributed by atoms with Crippen molar-refractivity contribution >= 4 is 33.2 Å². The molecule has 1 N–H and O–H groups in total. The molecule has 0 bridgehead atoms. The van der Waals surface area contributed by atoms with Crippen LogP contribution in [0, 0.1) is 12.8 Å². The molecule has 1 aliphatic heterocycles. The number of nitrogens with zero attached hydrogens (tertiary/aromatic N) is 1. The van der Waals surface area contributed by atoms with Gasteiger partial charge in [0.25, 0.3) is 15.9 Å². The quantitative estimate of drug-likeness (QED) is 0.554. The van der Waals surface area contributed by atoms with Crippen molar-refractivity contribution in [2.24, 2.45) is 5.92 Å². The van der Waals surface area contributed by atoms with Crippen molar-refractivity contribution in [3.05, 3.63) is 53.1 Å². The number of unbranched alkanes of at least 4 members (excludes halogenated alkanes) is 1. The average molecular weight is 479 g/mol. The molecule has 0 saturated carbocycles. The van der Waals surface area contributed by atoms with Gasteiger partial charge in [-0.1, -0.05) is 62.4 Å². The number of benzene rings is 2. The number of hydrogen-bond acceptors (Lipinski definition) is 4. The second kappa shape index (κ2) is 10.6. The predicted molar refractivity (Wildman–Crippen MR) is 128 cm³/mol. The number of anilines is 1. The van der Waals surface area contributed by atoms with Gasteiger partial charge in [-0.2, -0.15) is 0 Å². The van der Waals surface area contributed by atoms with Crippen LogP contribution in [0.25, 0.3) is 0 Å². The number of halogens is 1. The summed E-state index contributed by atoms with van der Waals surface area (Å²) in [4.78, 5) is 13.1. The van der Waals surface area contributed by atoms with Crippen molar-refractivity contribution < 1.29 is 17.9 Å². The molecule has 1 aliphatic rings. The van der Waals surface area contributed by atoms with Gasteiger partial charge >= 0.3 is 0 Å². The molecule has 0 aromatic heterocycles. The molecular formula is C24H31ClN2O4S. The van der Waals surface area contributed by atoms with Crippen LogP contribution in [-0.4, -0.2) is 33.5 Å². The molecule has 0 unspecified atom stereocenters. The molecule has 2 aromatic carbocycles. The average Bonchev–Trinajstić information content (AvgIpc) is 2.78. The Morgan fingerprint density at radius 1 is 1.22 bits per heavy atom. The molecule has 0 radical (unpaired) electrons. The van der Waals surface area contributed by atoms with Gasteiger partial charge in [0.1, 0.15) is 5.75 Å². The van der Waals surface area contributed by atoms with Gasteiger partial charge < -0.3 is 10.1 Å². The monoisotopic (exact) mass is 478 g/mol. The first kappa shape index (κ1) is 24.4. The zero-order valence-corrected chi connectivity index (χ0v) is 20.4. The van der Waals surface area contributed by atoms with E-state index >= 15 is 0 Å². The fraction of sp³-hybridized carbons (Fsp3) is 0.458. The van der Waals surface area contributed by atoms with Gasteiger partial charge in [-0.3, -0.25) is 9.10 Å². The van der Waals surface area contributed by atoms with Gasteiger partial charge in [-0.05, 0) is 49.6 Å². The zero-order chi connectivity index (χ0) is 23.3. The number of nitrogens with one attached hydrogen (secondary N) is 1. The van der Waals surface area contributed by atoms with Gasteiger partial charge in [0.05, 0.1) is 17.1 Å². The Labute approximate surface area is 196 Å². The highest BCUT2D eigenvalue weighted by atomic mass is 35.5. The van der Waals surface area contributed by atoms with Crippen molar-refractivity contribution in [2.45, 2.75) is 57.5 Å². The number of rotatable bonds is 9. The number of fused-ring (bicyclic) bond motifs is 1. The molecule has 0 spiro atoms. The Morgan fingerprint density at radius 2 is 1.94 bits per heavy atom. The van der Waals surface area contributed by atoms with E-state index in [1.165, 1.54) is 4.31 Å². The Kier molecular flexibility index (Phi) is 8.06. The predicted octanol–water partition coefficient (Wildman–Crippen LogP) is 4.94. The van der Waals surface area contributed by atoms with Crippen LogP contribution < -0.4 is 14.4 Å². The first-order valence-electron chi connectivity index (χ1n) is 11.1. The van der Waals surface area contributed by atoms with Crippen LogP contribution in [0.1, 0.15) is 45.1 Å². The number of amides is 1. The van der Waals surface area contributed by atoms with E-state index in [0.717, 1.165) is 31.2 Å². The minimum atomic E-state index is -3.91. The molecule has 6 nitrogen and oxygen atoms in total. The number of aryl methyl sites for hydroxylation is 1. The van der Waals surface area contributed by atoms with Crippen molar-refractivity contribution in [3.8, 4) is 5.75 Å².